The Morgan fingerprint density at radius 3 is 2.65 bits per heavy atom. The van der Waals surface area contributed by atoms with Crippen LogP contribution in [-0.2, 0) is 0 Å². The number of benzene rings is 2. The molecule has 2 aromatic carbocycles. The van der Waals surface area contributed by atoms with Crippen LogP contribution in [0.4, 0.5) is 0 Å². The molecule has 0 aliphatic rings. The Morgan fingerprint density at radius 2 is 1.80 bits per heavy atom. The van der Waals surface area contributed by atoms with E-state index in [1.807, 2.05) is 18.3 Å². The summed E-state index contributed by atoms with van der Waals surface area (Å²) in [7, 11) is 0. The summed E-state index contributed by atoms with van der Waals surface area (Å²) >= 11 is 0. The smallest absolute Gasteiger partial charge is 0.0719 e. The number of nitrogens with zero attached hydrogens (tertiary/aromatic N) is 1. The zero-order valence-electron chi connectivity index (χ0n) is 11.2. The van der Waals surface area contributed by atoms with Gasteiger partial charge in [-0.05, 0) is 48.9 Å². The molecule has 0 unspecified atom stereocenters. The van der Waals surface area contributed by atoms with Crippen molar-refractivity contribution in [2.75, 3.05) is 0 Å². The van der Waals surface area contributed by atoms with Crippen LogP contribution in [0.1, 0.15) is 5.56 Å². The van der Waals surface area contributed by atoms with Crippen LogP contribution in [-0.4, -0.2) is 9.97 Å². The number of hydrogen-bond donors (Lipinski definition) is 1. The van der Waals surface area contributed by atoms with E-state index in [-0.39, 0.29) is 0 Å². The van der Waals surface area contributed by atoms with Crippen molar-refractivity contribution in [2.45, 2.75) is 6.92 Å². The number of aromatic nitrogens is 2. The molecule has 1 N–H and O–H groups in total. The molecule has 96 valence electrons. The van der Waals surface area contributed by atoms with Gasteiger partial charge in [-0.2, -0.15) is 0 Å². The molecule has 0 fully saturated rings. The van der Waals surface area contributed by atoms with Gasteiger partial charge in [-0.1, -0.05) is 18.2 Å². The Hall–Kier alpha value is -2.61. The maximum atomic E-state index is 4.80. The average Bonchev–Trinajstić information content (AvgIpc) is 2.99. The number of hydrogen-bond acceptors (Lipinski definition) is 1. The first kappa shape index (κ1) is 11.2. The van der Waals surface area contributed by atoms with Crippen molar-refractivity contribution >= 4 is 21.8 Å². The van der Waals surface area contributed by atoms with Gasteiger partial charge in [0.2, 0.25) is 0 Å². The maximum Gasteiger partial charge on any atom is 0.0719 e. The van der Waals surface area contributed by atoms with Crippen molar-refractivity contribution in [1.29, 1.82) is 0 Å². The lowest BCUT2D eigenvalue weighted by atomic mass is 10.0. The lowest BCUT2D eigenvalue weighted by Gasteiger charge is -2.07. The van der Waals surface area contributed by atoms with E-state index in [0.717, 1.165) is 16.7 Å². The van der Waals surface area contributed by atoms with Crippen molar-refractivity contribution in [3.8, 4) is 11.3 Å². The quantitative estimate of drug-likeness (QED) is 0.493. The third kappa shape index (κ3) is 1.69. The number of rotatable bonds is 1. The van der Waals surface area contributed by atoms with E-state index < -0.39 is 0 Å². The van der Waals surface area contributed by atoms with Crippen LogP contribution in [0.15, 0.2) is 60.8 Å². The van der Waals surface area contributed by atoms with E-state index in [2.05, 4.69) is 54.4 Å². The van der Waals surface area contributed by atoms with Crippen LogP contribution in [0.3, 0.4) is 0 Å². The highest BCUT2D eigenvalue weighted by molar-refractivity contribution is 5.96. The predicted molar refractivity (Wildman–Crippen MR) is 83.8 cm³/mol. The number of aromatic amines is 1. The Morgan fingerprint density at radius 1 is 0.900 bits per heavy atom. The highest BCUT2D eigenvalue weighted by Crippen LogP contribution is 2.28. The van der Waals surface area contributed by atoms with E-state index in [0.29, 0.717) is 0 Å². The lowest BCUT2D eigenvalue weighted by molar-refractivity contribution is 1.38. The van der Waals surface area contributed by atoms with Crippen LogP contribution in [0, 0.1) is 6.92 Å². The summed E-state index contributed by atoms with van der Waals surface area (Å²) in [6.07, 6.45) is 1.95. The van der Waals surface area contributed by atoms with Crippen molar-refractivity contribution < 1.29 is 0 Å². The van der Waals surface area contributed by atoms with Gasteiger partial charge in [0, 0.05) is 28.2 Å². The van der Waals surface area contributed by atoms with Gasteiger partial charge in [0.25, 0.3) is 0 Å². The molecule has 0 amide bonds. The number of aryl methyl sites for hydroxylation is 1. The van der Waals surface area contributed by atoms with Gasteiger partial charge >= 0.3 is 0 Å². The second-order valence-electron chi connectivity index (χ2n) is 5.12. The average molecular weight is 258 g/mol. The predicted octanol–water partition coefficient (Wildman–Crippen LogP) is 4.69. The minimum absolute atomic E-state index is 1.04. The van der Waals surface area contributed by atoms with Crippen LogP contribution in [0.2, 0.25) is 0 Å². The molecule has 2 aromatic heterocycles. The molecular weight excluding hydrogens is 244 g/mol. The number of H-pyrrole nitrogens is 1. The summed E-state index contributed by atoms with van der Waals surface area (Å²) in [5.74, 6) is 0. The number of para-hydroxylation sites is 1. The van der Waals surface area contributed by atoms with Gasteiger partial charge in [-0.3, -0.25) is 0 Å². The minimum atomic E-state index is 1.04. The van der Waals surface area contributed by atoms with Crippen LogP contribution in [0.25, 0.3) is 33.1 Å². The molecule has 0 radical (unpaired) electrons. The highest BCUT2D eigenvalue weighted by Gasteiger charge is 2.06. The summed E-state index contributed by atoms with van der Waals surface area (Å²) in [4.78, 5) is 8.05. The SMILES string of the molecule is Cc1cc(-c2ccc[nH]2)cc2nc3ccccc3cc12. The third-order valence-corrected chi connectivity index (χ3v) is 3.75. The Bertz CT molecular complexity index is 905. The second-order valence-corrected chi connectivity index (χ2v) is 5.12. The molecule has 0 bridgehead atoms. The molecule has 0 aliphatic carbocycles. The first-order valence-corrected chi connectivity index (χ1v) is 6.75. The first-order chi connectivity index (χ1) is 9.81. The Labute approximate surface area is 117 Å². The molecule has 0 aliphatic heterocycles. The normalized spacial score (nSPS) is 11.2. The largest absolute Gasteiger partial charge is 0.361 e. The first-order valence-electron chi connectivity index (χ1n) is 6.75. The van der Waals surface area contributed by atoms with E-state index >= 15 is 0 Å². The van der Waals surface area contributed by atoms with E-state index in [1.165, 1.54) is 21.9 Å². The van der Waals surface area contributed by atoms with E-state index in [1.54, 1.807) is 0 Å². The number of nitrogens with one attached hydrogen (secondary N) is 1. The van der Waals surface area contributed by atoms with Crippen LogP contribution >= 0.6 is 0 Å². The van der Waals surface area contributed by atoms with Crippen molar-refractivity contribution in [2.24, 2.45) is 0 Å². The Kier molecular flexibility index (Phi) is 2.36. The lowest BCUT2D eigenvalue weighted by Crippen LogP contribution is -1.87. The van der Waals surface area contributed by atoms with Gasteiger partial charge in [-0.15, -0.1) is 0 Å². The van der Waals surface area contributed by atoms with Crippen molar-refractivity contribution in [3.05, 3.63) is 66.4 Å². The van der Waals surface area contributed by atoms with Gasteiger partial charge in [0.05, 0.1) is 11.0 Å². The fraction of sp³-hybridized carbons (Fsp3) is 0.0556. The molecule has 4 aromatic rings. The monoisotopic (exact) mass is 258 g/mol. The maximum absolute atomic E-state index is 4.80. The van der Waals surface area contributed by atoms with Crippen molar-refractivity contribution in [3.63, 3.8) is 0 Å². The summed E-state index contributed by atoms with van der Waals surface area (Å²) in [6.45, 7) is 2.14. The van der Waals surface area contributed by atoms with Crippen molar-refractivity contribution in [1.82, 2.24) is 9.97 Å². The zero-order chi connectivity index (χ0) is 13.5. The second kappa shape index (κ2) is 4.20. The molecule has 0 spiro atoms. The molecule has 2 nitrogen and oxygen atoms in total. The molecule has 2 heterocycles. The van der Waals surface area contributed by atoms with Gasteiger partial charge in [0.1, 0.15) is 0 Å². The zero-order valence-corrected chi connectivity index (χ0v) is 11.2. The van der Waals surface area contributed by atoms with Gasteiger partial charge in [0.15, 0.2) is 0 Å². The molecule has 2 heteroatoms. The molecule has 0 atom stereocenters. The van der Waals surface area contributed by atoms with Crippen LogP contribution < -0.4 is 0 Å². The summed E-state index contributed by atoms with van der Waals surface area (Å²) in [5.41, 5.74) is 5.66. The summed E-state index contributed by atoms with van der Waals surface area (Å²) in [5, 5.41) is 2.41. The third-order valence-electron chi connectivity index (χ3n) is 3.75. The van der Waals surface area contributed by atoms with Crippen LogP contribution in [0.5, 0.6) is 0 Å². The molecule has 4 rings (SSSR count). The Balaban J connectivity index is 2.06. The van der Waals surface area contributed by atoms with Gasteiger partial charge < -0.3 is 4.98 Å². The molecular formula is C18H14N2. The topological polar surface area (TPSA) is 28.7 Å². The highest BCUT2D eigenvalue weighted by atomic mass is 14.7. The molecule has 0 saturated heterocycles. The summed E-state index contributed by atoms with van der Waals surface area (Å²) < 4.78 is 0. The number of pyridine rings is 1. The number of fused-ring (bicyclic) bond motifs is 2. The fourth-order valence-electron chi connectivity index (χ4n) is 2.72. The molecule has 20 heavy (non-hydrogen) atoms. The molecule has 0 saturated carbocycles. The van der Waals surface area contributed by atoms with Gasteiger partial charge in [-0.25, -0.2) is 4.98 Å². The van der Waals surface area contributed by atoms with E-state index in [4.69, 9.17) is 4.98 Å². The fourth-order valence-corrected chi connectivity index (χ4v) is 2.72. The minimum Gasteiger partial charge on any atom is -0.361 e. The standard InChI is InChI=1S/C18H14N2/c1-12-9-14(16-7-4-8-19-16)11-18-15(12)10-13-5-2-3-6-17(13)20-18/h2-11,19H,1H3. The summed E-state index contributed by atoms with van der Waals surface area (Å²) in [6, 6.07) is 19.0. The van der Waals surface area contributed by atoms with E-state index in [9.17, 15) is 0 Å².